The van der Waals surface area contributed by atoms with Gasteiger partial charge in [-0.05, 0) is 25.0 Å². The number of hydrogen-bond donors (Lipinski definition) is 1. The first kappa shape index (κ1) is 24.0. The molecule has 0 bridgehead atoms. The quantitative estimate of drug-likeness (QED) is 0.347. The standard InChI is InChI=1S/C26H28ClNO6/c1-32-19-12-8-7-11-16(19)23-22(25(30)26(31)28(23)15-9-5-4-6-10-15)24(29)17-13-18(27)21(34-3)14-20(17)33-2/h7-8,11-15,23,29H,4-6,9-10H2,1-3H3/b24-22+. The summed E-state index contributed by atoms with van der Waals surface area (Å²) in [5.41, 5.74) is 0.823. The number of nitrogens with zero attached hydrogens (tertiary/aromatic N) is 1. The van der Waals surface area contributed by atoms with Gasteiger partial charge in [-0.1, -0.05) is 49.1 Å². The van der Waals surface area contributed by atoms with Crippen molar-refractivity contribution in [2.24, 2.45) is 0 Å². The van der Waals surface area contributed by atoms with Crippen molar-refractivity contribution >= 4 is 29.1 Å². The number of Topliss-reactive ketones (excluding diaryl/α,β-unsaturated/α-hetero) is 1. The van der Waals surface area contributed by atoms with Crippen LogP contribution in [0.25, 0.3) is 5.76 Å². The zero-order valence-electron chi connectivity index (χ0n) is 19.5. The molecular formula is C26H28ClNO6. The fourth-order valence-corrected chi connectivity index (χ4v) is 5.21. The monoisotopic (exact) mass is 485 g/mol. The number of ether oxygens (including phenoxy) is 3. The molecule has 7 nitrogen and oxygen atoms in total. The lowest BCUT2D eigenvalue weighted by molar-refractivity contribution is -0.141. The van der Waals surface area contributed by atoms with E-state index < -0.39 is 17.7 Å². The lowest BCUT2D eigenvalue weighted by Crippen LogP contribution is -2.40. The predicted octanol–water partition coefficient (Wildman–Crippen LogP) is 5.12. The van der Waals surface area contributed by atoms with Gasteiger partial charge in [0.1, 0.15) is 23.0 Å². The van der Waals surface area contributed by atoms with Crippen LogP contribution >= 0.6 is 11.6 Å². The van der Waals surface area contributed by atoms with Crippen LogP contribution in [0.4, 0.5) is 0 Å². The molecule has 0 spiro atoms. The Kier molecular flexibility index (Phi) is 7.03. The fourth-order valence-electron chi connectivity index (χ4n) is 4.97. The number of ketones is 1. The molecule has 1 aliphatic heterocycles. The van der Waals surface area contributed by atoms with Gasteiger partial charge in [-0.25, -0.2) is 0 Å². The number of carbonyl (C=O) groups is 2. The summed E-state index contributed by atoms with van der Waals surface area (Å²) in [7, 11) is 4.45. The molecule has 1 atom stereocenters. The maximum Gasteiger partial charge on any atom is 0.295 e. The number of aliphatic hydroxyl groups excluding tert-OH is 1. The van der Waals surface area contributed by atoms with E-state index in [0.29, 0.717) is 17.1 Å². The summed E-state index contributed by atoms with van der Waals surface area (Å²) in [6, 6.07) is 9.34. The minimum Gasteiger partial charge on any atom is -0.507 e. The molecule has 2 aromatic rings. The van der Waals surface area contributed by atoms with Crippen molar-refractivity contribution in [3.05, 3.63) is 58.1 Å². The van der Waals surface area contributed by atoms with E-state index in [-0.39, 0.29) is 33.7 Å². The van der Waals surface area contributed by atoms with Crippen LogP contribution in [-0.4, -0.2) is 49.1 Å². The average Bonchev–Trinajstić information content (AvgIpc) is 3.13. The van der Waals surface area contributed by atoms with Crippen LogP contribution in [0.15, 0.2) is 42.0 Å². The Morgan fingerprint density at radius 1 is 0.941 bits per heavy atom. The maximum atomic E-state index is 13.4. The number of rotatable bonds is 6. The average molecular weight is 486 g/mol. The lowest BCUT2D eigenvalue weighted by atomic mass is 9.90. The fraction of sp³-hybridized carbons (Fsp3) is 0.385. The van der Waals surface area contributed by atoms with Crippen molar-refractivity contribution in [3.63, 3.8) is 0 Å². The number of methoxy groups -OCH3 is 3. The minimum absolute atomic E-state index is 0.0143. The zero-order chi connectivity index (χ0) is 24.4. The van der Waals surface area contributed by atoms with Crippen LogP contribution in [0.3, 0.4) is 0 Å². The smallest absolute Gasteiger partial charge is 0.295 e. The minimum atomic E-state index is -0.801. The van der Waals surface area contributed by atoms with Gasteiger partial charge in [-0.3, -0.25) is 9.59 Å². The summed E-state index contributed by atoms with van der Waals surface area (Å²) in [6.45, 7) is 0. The van der Waals surface area contributed by atoms with E-state index in [1.165, 1.54) is 33.5 Å². The summed E-state index contributed by atoms with van der Waals surface area (Å²) in [5, 5.41) is 11.7. The van der Waals surface area contributed by atoms with Crippen LogP contribution in [0.2, 0.25) is 5.02 Å². The third-order valence-electron chi connectivity index (χ3n) is 6.61. The van der Waals surface area contributed by atoms with Gasteiger partial charge in [-0.2, -0.15) is 0 Å². The van der Waals surface area contributed by atoms with Gasteiger partial charge in [0.05, 0.1) is 43.5 Å². The molecule has 34 heavy (non-hydrogen) atoms. The van der Waals surface area contributed by atoms with Crippen molar-refractivity contribution in [3.8, 4) is 17.2 Å². The van der Waals surface area contributed by atoms with Gasteiger partial charge in [0.25, 0.3) is 11.7 Å². The second-order valence-electron chi connectivity index (χ2n) is 8.43. The Bertz CT molecular complexity index is 1140. The molecule has 1 N–H and O–H groups in total. The summed E-state index contributed by atoms with van der Waals surface area (Å²) in [6.07, 6.45) is 4.66. The SMILES string of the molecule is COc1cc(OC)c(/C(O)=C2\C(=O)C(=O)N(C3CCCCC3)C2c2ccccc2OC)cc1Cl. The zero-order valence-corrected chi connectivity index (χ0v) is 20.2. The topological polar surface area (TPSA) is 85.3 Å². The van der Waals surface area contributed by atoms with Crippen molar-refractivity contribution in [1.29, 1.82) is 0 Å². The third-order valence-corrected chi connectivity index (χ3v) is 6.91. The molecule has 2 aliphatic rings. The van der Waals surface area contributed by atoms with Gasteiger partial charge < -0.3 is 24.2 Å². The molecule has 2 fully saturated rings. The summed E-state index contributed by atoms with van der Waals surface area (Å²) >= 11 is 6.33. The molecular weight excluding hydrogens is 458 g/mol. The first-order chi connectivity index (χ1) is 16.4. The van der Waals surface area contributed by atoms with Crippen LogP contribution in [0.1, 0.15) is 49.3 Å². The van der Waals surface area contributed by atoms with E-state index in [1.54, 1.807) is 11.0 Å². The van der Waals surface area contributed by atoms with E-state index in [1.807, 2.05) is 18.2 Å². The Hall–Kier alpha value is -3.19. The summed E-state index contributed by atoms with van der Waals surface area (Å²) in [5.74, 6) is -0.564. The maximum absolute atomic E-state index is 13.4. The molecule has 4 rings (SSSR count). The first-order valence-electron chi connectivity index (χ1n) is 11.3. The number of likely N-dealkylation sites (tertiary alicyclic amines) is 1. The number of carbonyl (C=O) groups excluding carboxylic acids is 2. The summed E-state index contributed by atoms with van der Waals surface area (Å²) in [4.78, 5) is 28.4. The normalized spacial score (nSPS) is 20.5. The largest absolute Gasteiger partial charge is 0.507 e. The molecule has 0 aromatic heterocycles. The Morgan fingerprint density at radius 2 is 1.59 bits per heavy atom. The highest BCUT2D eigenvalue weighted by Gasteiger charge is 2.50. The highest BCUT2D eigenvalue weighted by Crippen LogP contribution is 2.47. The molecule has 1 amide bonds. The van der Waals surface area contributed by atoms with Crippen LogP contribution in [0.5, 0.6) is 17.2 Å². The summed E-state index contributed by atoms with van der Waals surface area (Å²) < 4.78 is 16.3. The second-order valence-corrected chi connectivity index (χ2v) is 8.83. The van der Waals surface area contributed by atoms with Crippen LogP contribution in [0, 0.1) is 0 Å². The molecule has 1 aliphatic carbocycles. The van der Waals surface area contributed by atoms with E-state index in [4.69, 9.17) is 25.8 Å². The first-order valence-corrected chi connectivity index (χ1v) is 11.7. The number of para-hydroxylation sites is 1. The molecule has 8 heteroatoms. The number of benzene rings is 2. The molecule has 1 saturated carbocycles. The molecule has 2 aromatic carbocycles. The Labute approximate surface area is 203 Å². The number of halogens is 1. The van der Waals surface area contributed by atoms with E-state index >= 15 is 0 Å². The van der Waals surface area contributed by atoms with Gasteiger partial charge in [0.2, 0.25) is 0 Å². The molecule has 0 radical (unpaired) electrons. The molecule has 1 heterocycles. The van der Waals surface area contributed by atoms with E-state index in [0.717, 1.165) is 32.1 Å². The van der Waals surface area contributed by atoms with Crippen molar-refractivity contribution in [2.75, 3.05) is 21.3 Å². The number of amides is 1. The molecule has 1 saturated heterocycles. The van der Waals surface area contributed by atoms with Crippen molar-refractivity contribution in [1.82, 2.24) is 4.90 Å². The van der Waals surface area contributed by atoms with Gasteiger partial charge in [-0.15, -0.1) is 0 Å². The lowest BCUT2D eigenvalue weighted by Gasteiger charge is -2.35. The van der Waals surface area contributed by atoms with Gasteiger partial charge >= 0.3 is 0 Å². The van der Waals surface area contributed by atoms with Crippen LogP contribution in [-0.2, 0) is 9.59 Å². The van der Waals surface area contributed by atoms with Crippen molar-refractivity contribution < 1.29 is 28.9 Å². The van der Waals surface area contributed by atoms with E-state index in [9.17, 15) is 14.7 Å². The Balaban J connectivity index is 1.96. The van der Waals surface area contributed by atoms with Crippen molar-refractivity contribution in [2.45, 2.75) is 44.2 Å². The third kappa shape index (κ3) is 4.09. The van der Waals surface area contributed by atoms with Gasteiger partial charge in [0, 0.05) is 17.7 Å². The molecule has 180 valence electrons. The number of hydrogen-bond acceptors (Lipinski definition) is 6. The van der Waals surface area contributed by atoms with Gasteiger partial charge in [0.15, 0.2) is 0 Å². The molecule has 1 unspecified atom stereocenters. The van der Waals surface area contributed by atoms with Crippen LogP contribution < -0.4 is 14.2 Å². The number of aliphatic hydroxyl groups is 1. The second kappa shape index (κ2) is 9.97. The Morgan fingerprint density at radius 3 is 2.24 bits per heavy atom. The highest BCUT2D eigenvalue weighted by atomic mass is 35.5. The van der Waals surface area contributed by atoms with E-state index in [2.05, 4.69) is 0 Å². The highest BCUT2D eigenvalue weighted by molar-refractivity contribution is 6.46. The predicted molar refractivity (Wildman–Crippen MR) is 129 cm³/mol.